The highest BCUT2D eigenvalue weighted by molar-refractivity contribution is 7.90. The molecule has 6 nitrogen and oxygen atoms in total. The van der Waals surface area contributed by atoms with Gasteiger partial charge in [-0.25, -0.2) is 8.42 Å². The Balaban J connectivity index is 1.73. The van der Waals surface area contributed by atoms with Crippen LogP contribution in [0.15, 0.2) is 53.4 Å². The summed E-state index contributed by atoms with van der Waals surface area (Å²) in [5.41, 5.74) is 2.09. The molecule has 2 aromatic carbocycles. The molecule has 0 spiro atoms. The first-order valence-corrected chi connectivity index (χ1v) is 17.7. The summed E-state index contributed by atoms with van der Waals surface area (Å²) < 4.78 is 48.0. The highest BCUT2D eigenvalue weighted by Gasteiger charge is 2.36. The molecule has 0 aliphatic rings. The van der Waals surface area contributed by atoms with Crippen molar-refractivity contribution >= 4 is 18.6 Å². The van der Waals surface area contributed by atoms with Crippen molar-refractivity contribution in [2.24, 2.45) is 0 Å². The van der Waals surface area contributed by atoms with Crippen molar-refractivity contribution in [2.75, 3.05) is 27.9 Å². The molecule has 0 aliphatic heterocycles. The molecule has 0 bridgehead atoms. The first-order valence-electron chi connectivity index (χ1n) is 14.1. The third-order valence-electron chi connectivity index (χ3n) is 6.96. The predicted octanol–water partition coefficient (Wildman–Crippen LogP) is 7.38. The minimum absolute atomic E-state index is 0.00458. The number of benzene rings is 2. The van der Waals surface area contributed by atoms with Crippen molar-refractivity contribution in [2.45, 2.75) is 94.2 Å². The molecule has 38 heavy (non-hydrogen) atoms. The van der Waals surface area contributed by atoms with Gasteiger partial charge in [0.05, 0.1) is 17.3 Å². The van der Waals surface area contributed by atoms with Crippen LogP contribution in [0, 0.1) is 0 Å². The fourth-order valence-electron chi connectivity index (χ4n) is 4.50. The molecular weight excluding hydrogens is 516 g/mol. The summed E-state index contributed by atoms with van der Waals surface area (Å²) in [5.74, 6) is 0.651. The monoisotopic (exact) mass is 564 g/mol. The molecule has 0 saturated heterocycles. The Morgan fingerprint density at radius 1 is 0.658 bits per heavy atom. The molecule has 0 atom stereocenters. The second-order valence-electron chi connectivity index (χ2n) is 9.87. The molecular formula is C30H48O6SSi. The van der Waals surface area contributed by atoms with E-state index in [0.29, 0.717) is 17.3 Å². The van der Waals surface area contributed by atoms with Gasteiger partial charge in [0.2, 0.25) is 0 Å². The topological polar surface area (TPSA) is 71.1 Å². The highest BCUT2D eigenvalue weighted by atomic mass is 32.2. The van der Waals surface area contributed by atoms with E-state index in [2.05, 4.69) is 19.1 Å². The molecule has 2 rings (SSSR count). The molecule has 8 heteroatoms. The summed E-state index contributed by atoms with van der Waals surface area (Å²) in [6.07, 6.45) is 13.2. The van der Waals surface area contributed by atoms with Crippen molar-refractivity contribution in [3.05, 3.63) is 59.7 Å². The van der Waals surface area contributed by atoms with Gasteiger partial charge < -0.3 is 18.0 Å². The molecule has 0 N–H and O–H groups in total. The lowest BCUT2D eigenvalue weighted by Gasteiger charge is -2.24. The first-order chi connectivity index (χ1) is 18.4. The Morgan fingerprint density at radius 3 is 1.79 bits per heavy atom. The smallest absolute Gasteiger partial charge is 0.494 e. The van der Waals surface area contributed by atoms with Crippen molar-refractivity contribution in [1.82, 2.24) is 0 Å². The summed E-state index contributed by atoms with van der Waals surface area (Å²) in [7, 11) is -1.14. The lowest BCUT2D eigenvalue weighted by Crippen LogP contribution is -2.42. The van der Waals surface area contributed by atoms with Crippen LogP contribution in [0.25, 0.3) is 0 Å². The van der Waals surface area contributed by atoms with E-state index in [4.69, 9.17) is 18.0 Å². The quantitative estimate of drug-likeness (QED) is 0.116. The minimum Gasteiger partial charge on any atom is -0.494 e. The van der Waals surface area contributed by atoms with Crippen LogP contribution in [0.1, 0.15) is 82.3 Å². The Hall–Kier alpha value is -1.71. The number of aryl methyl sites for hydroxylation is 1. The fourth-order valence-corrected chi connectivity index (χ4v) is 7.64. The van der Waals surface area contributed by atoms with Gasteiger partial charge in [0.15, 0.2) is 9.84 Å². The zero-order valence-corrected chi connectivity index (χ0v) is 25.7. The summed E-state index contributed by atoms with van der Waals surface area (Å²) in [6, 6.07) is 15.4. The number of hydrogen-bond donors (Lipinski definition) is 0. The molecule has 0 amide bonds. The molecule has 0 radical (unpaired) electrons. The highest BCUT2D eigenvalue weighted by Crippen LogP contribution is 2.22. The van der Waals surface area contributed by atoms with Gasteiger partial charge in [-0.05, 0) is 61.1 Å². The van der Waals surface area contributed by atoms with Gasteiger partial charge in [0, 0.05) is 27.4 Å². The number of unbranched alkanes of at least 4 members (excludes halogenated alkanes) is 8. The van der Waals surface area contributed by atoms with Gasteiger partial charge in [-0.1, -0.05) is 76.1 Å². The number of sulfone groups is 1. The normalized spacial score (nSPS) is 12.1. The lowest BCUT2D eigenvalue weighted by molar-refractivity contribution is 0.122. The summed E-state index contributed by atoms with van der Waals surface area (Å²) in [6.45, 7) is 2.78. The maximum atomic E-state index is 12.9. The van der Waals surface area contributed by atoms with E-state index in [1.165, 1.54) is 56.9 Å². The van der Waals surface area contributed by atoms with Crippen molar-refractivity contribution in [3.63, 3.8) is 0 Å². The Bertz CT molecular complexity index is 980. The van der Waals surface area contributed by atoms with E-state index in [-0.39, 0.29) is 5.75 Å². The van der Waals surface area contributed by atoms with Crippen LogP contribution in [0.2, 0.25) is 6.04 Å². The Kier molecular flexibility index (Phi) is 15.2. The third-order valence-corrected chi connectivity index (χ3v) is 11.5. The average Bonchev–Trinajstić information content (AvgIpc) is 2.93. The molecule has 0 aromatic heterocycles. The van der Waals surface area contributed by atoms with Gasteiger partial charge in [-0.15, -0.1) is 0 Å². The summed E-state index contributed by atoms with van der Waals surface area (Å²) in [5, 5.41) is 0. The van der Waals surface area contributed by atoms with E-state index in [1.54, 1.807) is 45.6 Å². The standard InChI is InChI=1S/C30H48O6SSi/c1-5-6-7-8-9-10-11-12-15-27-16-18-28(19-17-27)26-37(31,32)30-22-20-29(21-23-30)36-24-13-14-25-38(33-2,34-3)35-4/h16-23H,5-15,24-26H2,1-4H3. The molecule has 0 aliphatic carbocycles. The predicted molar refractivity (Wildman–Crippen MR) is 156 cm³/mol. The van der Waals surface area contributed by atoms with E-state index in [9.17, 15) is 8.42 Å². The van der Waals surface area contributed by atoms with Crippen molar-refractivity contribution in [1.29, 1.82) is 0 Å². The second kappa shape index (κ2) is 17.8. The van der Waals surface area contributed by atoms with Crippen LogP contribution < -0.4 is 4.74 Å². The minimum atomic E-state index is -3.42. The molecule has 0 saturated carbocycles. The summed E-state index contributed by atoms with van der Waals surface area (Å²) in [4.78, 5) is 0.309. The lowest BCUT2D eigenvalue weighted by atomic mass is 10.0. The first kappa shape index (κ1) is 32.5. The average molecular weight is 565 g/mol. The maximum absolute atomic E-state index is 12.9. The largest absolute Gasteiger partial charge is 0.500 e. The van der Waals surface area contributed by atoms with Gasteiger partial charge in [-0.2, -0.15) is 0 Å². The van der Waals surface area contributed by atoms with E-state index in [0.717, 1.165) is 30.9 Å². The summed E-state index contributed by atoms with van der Waals surface area (Å²) >= 11 is 0. The maximum Gasteiger partial charge on any atom is 0.500 e. The van der Waals surface area contributed by atoms with E-state index < -0.39 is 18.6 Å². The van der Waals surface area contributed by atoms with Crippen LogP contribution in [0.3, 0.4) is 0 Å². The van der Waals surface area contributed by atoms with Crippen LogP contribution in [-0.2, 0) is 35.3 Å². The molecule has 0 heterocycles. The van der Waals surface area contributed by atoms with Crippen LogP contribution >= 0.6 is 0 Å². The molecule has 214 valence electrons. The van der Waals surface area contributed by atoms with Crippen LogP contribution in [0.4, 0.5) is 0 Å². The van der Waals surface area contributed by atoms with E-state index in [1.807, 2.05) is 12.1 Å². The van der Waals surface area contributed by atoms with Crippen molar-refractivity contribution < 1.29 is 26.4 Å². The van der Waals surface area contributed by atoms with E-state index >= 15 is 0 Å². The van der Waals surface area contributed by atoms with Crippen molar-refractivity contribution in [3.8, 4) is 5.75 Å². The second-order valence-corrected chi connectivity index (χ2v) is 15.0. The zero-order valence-electron chi connectivity index (χ0n) is 23.9. The molecule has 0 unspecified atom stereocenters. The Morgan fingerprint density at radius 2 is 1.21 bits per heavy atom. The number of hydrogen-bond acceptors (Lipinski definition) is 6. The molecule has 0 fully saturated rings. The zero-order chi connectivity index (χ0) is 27.7. The molecule has 2 aromatic rings. The van der Waals surface area contributed by atoms with Gasteiger partial charge in [-0.3, -0.25) is 0 Å². The number of ether oxygens (including phenoxy) is 1. The van der Waals surface area contributed by atoms with Gasteiger partial charge >= 0.3 is 8.80 Å². The van der Waals surface area contributed by atoms with Gasteiger partial charge in [0.25, 0.3) is 0 Å². The third kappa shape index (κ3) is 11.6. The number of rotatable bonds is 21. The Labute approximate surface area is 232 Å². The van der Waals surface area contributed by atoms with Crippen LogP contribution in [0.5, 0.6) is 5.75 Å². The van der Waals surface area contributed by atoms with Gasteiger partial charge in [0.1, 0.15) is 5.75 Å². The fraction of sp³-hybridized carbons (Fsp3) is 0.600. The SMILES string of the molecule is CCCCCCCCCCc1ccc(CS(=O)(=O)c2ccc(OCCCC[Si](OC)(OC)OC)cc2)cc1. The van der Waals surface area contributed by atoms with Crippen LogP contribution in [-0.4, -0.2) is 45.2 Å².